The molecule has 0 spiro atoms. The molecule has 2 N–H and O–H groups in total. The van der Waals surface area contributed by atoms with Crippen LogP contribution >= 0.6 is 0 Å². The summed E-state index contributed by atoms with van der Waals surface area (Å²) in [7, 11) is 1.69. The van der Waals surface area contributed by atoms with Gasteiger partial charge in [0.25, 0.3) is 0 Å². The molecule has 16 heavy (non-hydrogen) atoms. The fraction of sp³-hybridized carbons (Fsp3) is 0.538. The first-order valence-electron chi connectivity index (χ1n) is 5.63. The number of aryl methyl sites for hydroxylation is 1. The molecule has 0 aliphatic rings. The SMILES string of the molecule is COCCCOc1cc(C)ccc1[C@@H](C)N. The molecule has 0 radical (unpaired) electrons. The molecule has 0 aromatic heterocycles. The average Bonchev–Trinajstić information content (AvgIpc) is 2.24. The van der Waals surface area contributed by atoms with Crippen molar-refractivity contribution in [2.24, 2.45) is 5.73 Å². The van der Waals surface area contributed by atoms with Crippen LogP contribution in [-0.2, 0) is 4.74 Å². The molecule has 0 bridgehead atoms. The van der Waals surface area contributed by atoms with Gasteiger partial charge in [0, 0.05) is 31.7 Å². The van der Waals surface area contributed by atoms with Gasteiger partial charge in [-0.1, -0.05) is 12.1 Å². The van der Waals surface area contributed by atoms with E-state index in [-0.39, 0.29) is 6.04 Å². The molecule has 0 amide bonds. The lowest BCUT2D eigenvalue weighted by molar-refractivity contribution is 0.171. The minimum absolute atomic E-state index is 0.00183. The Morgan fingerprint density at radius 2 is 2.06 bits per heavy atom. The molecule has 0 saturated carbocycles. The van der Waals surface area contributed by atoms with Crippen LogP contribution in [0.25, 0.3) is 0 Å². The van der Waals surface area contributed by atoms with Gasteiger partial charge in [-0.3, -0.25) is 0 Å². The van der Waals surface area contributed by atoms with Gasteiger partial charge in [0.05, 0.1) is 6.61 Å². The highest BCUT2D eigenvalue weighted by molar-refractivity contribution is 5.38. The highest BCUT2D eigenvalue weighted by Gasteiger charge is 2.07. The van der Waals surface area contributed by atoms with Gasteiger partial charge in [-0.05, 0) is 25.5 Å². The first kappa shape index (κ1) is 13.0. The fourth-order valence-electron chi connectivity index (χ4n) is 1.53. The lowest BCUT2D eigenvalue weighted by Crippen LogP contribution is -2.09. The monoisotopic (exact) mass is 223 g/mol. The van der Waals surface area contributed by atoms with Crippen molar-refractivity contribution in [1.82, 2.24) is 0 Å². The van der Waals surface area contributed by atoms with Crippen LogP contribution in [0.5, 0.6) is 5.75 Å². The van der Waals surface area contributed by atoms with Crippen LogP contribution in [0.15, 0.2) is 18.2 Å². The predicted octanol–water partition coefficient (Wildman–Crippen LogP) is 2.43. The Morgan fingerprint density at radius 1 is 1.31 bits per heavy atom. The van der Waals surface area contributed by atoms with Gasteiger partial charge in [-0.15, -0.1) is 0 Å². The van der Waals surface area contributed by atoms with Crippen LogP contribution < -0.4 is 10.5 Å². The second-order valence-electron chi connectivity index (χ2n) is 4.02. The van der Waals surface area contributed by atoms with E-state index in [9.17, 15) is 0 Å². The molecule has 1 aromatic carbocycles. The van der Waals surface area contributed by atoms with Crippen molar-refractivity contribution in [3.8, 4) is 5.75 Å². The lowest BCUT2D eigenvalue weighted by Gasteiger charge is -2.14. The predicted molar refractivity (Wildman–Crippen MR) is 65.8 cm³/mol. The Balaban J connectivity index is 2.65. The molecular weight excluding hydrogens is 202 g/mol. The van der Waals surface area contributed by atoms with Gasteiger partial charge in [0.2, 0.25) is 0 Å². The van der Waals surface area contributed by atoms with Crippen molar-refractivity contribution < 1.29 is 9.47 Å². The van der Waals surface area contributed by atoms with E-state index in [1.54, 1.807) is 7.11 Å². The first-order chi connectivity index (χ1) is 7.65. The van der Waals surface area contributed by atoms with E-state index in [1.165, 1.54) is 5.56 Å². The molecule has 0 aliphatic carbocycles. The minimum atomic E-state index is -0.00183. The summed E-state index contributed by atoms with van der Waals surface area (Å²) in [6.45, 7) is 5.40. The third-order valence-electron chi connectivity index (χ3n) is 2.41. The molecule has 3 nitrogen and oxygen atoms in total. The van der Waals surface area contributed by atoms with Crippen LogP contribution in [-0.4, -0.2) is 20.3 Å². The standard InChI is InChI=1S/C13H21NO2/c1-10-5-6-12(11(2)14)13(9-10)16-8-4-7-15-3/h5-6,9,11H,4,7-8,14H2,1-3H3/t11-/m1/s1. The van der Waals surface area contributed by atoms with Crippen molar-refractivity contribution >= 4 is 0 Å². The topological polar surface area (TPSA) is 44.5 Å². The van der Waals surface area contributed by atoms with E-state index in [0.717, 1.165) is 24.3 Å². The summed E-state index contributed by atoms with van der Waals surface area (Å²) in [5.41, 5.74) is 8.13. The van der Waals surface area contributed by atoms with E-state index >= 15 is 0 Å². The summed E-state index contributed by atoms with van der Waals surface area (Å²) in [6, 6.07) is 6.12. The highest BCUT2D eigenvalue weighted by atomic mass is 16.5. The lowest BCUT2D eigenvalue weighted by atomic mass is 10.1. The van der Waals surface area contributed by atoms with E-state index in [0.29, 0.717) is 6.61 Å². The first-order valence-corrected chi connectivity index (χ1v) is 5.63. The van der Waals surface area contributed by atoms with Crippen LogP contribution in [0.2, 0.25) is 0 Å². The number of hydrogen-bond donors (Lipinski definition) is 1. The number of nitrogens with two attached hydrogens (primary N) is 1. The molecule has 0 heterocycles. The number of methoxy groups -OCH3 is 1. The Hall–Kier alpha value is -1.06. The van der Waals surface area contributed by atoms with Crippen molar-refractivity contribution in [3.63, 3.8) is 0 Å². The van der Waals surface area contributed by atoms with Crippen molar-refractivity contribution in [1.29, 1.82) is 0 Å². The Kier molecular flexibility index (Phi) is 5.29. The van der Waals surface area contributed by atoms with Gasteiger partial charge in [-0.25, -0.2) is 0 Å². The normalized spacial score (nSPS) is 12.5. The Bertz CT molecular complexity index is 324. The molecule has 0 aliphatic heterocycles. The van der Waals surface area contributed by atoms with Gasteiger partial charge in [-0.2, -0.15) is 0 Å². The number of benzene rings is 1. The summed E-state index contributed by atoms with van der Waals surface area (Å²) in [5, 5.41) is 0. The molecular formula is C13H21NO2. The number of hydrogen-bond acceptors (Lipinski definition) is 3. The van der Waals surface area contributed by atoms with Crippen LogP contribution in [0.3, 0.4) is 0 Å². The average molecular weight is 223 g/mol. The maximum absolute atomic E-state index is 5.89. The Morgan fingerprint density at radius 3 is 2.69 bits per heavy atom. The maximum atomic E-state index is 5.89. The van der Waals surface area contributed by atoms with Crippen molar-refractivity contribution in [3.05, 3.63) is 29.3 Å². The molecule has 90 valence electrons. The van der Waals surface area contributed by atoms with E-state index < -0.39 is 0 Å². The fourth-order valence-corrected chi connectivity index (χ4v) is 1.53. The van der Waals surface area contributed by atoms with E-state index in [1.807, 2.05) is 26.0 Å². The second-order valence-corrected chi connectivity index (χ2v) is 4.02. The third kappa shape index (κ3) is 3.83. The van der Waals surface area contributed by atoms with Crippen molar-refractivity contribution in [2.45, 2.75) is 26.3 Å². The van der Waals surface area contributed by atoms with Gasteiger partial charge >= 0.3 is 0 Å². The number of ether oxygens (including phenoxy) is 2. The molecule has 0 fully saturated rings. The smallest absolute Gasteiger partial charge is 0.124 e. The largest absolute Gasteiger partial charge is 0.493 e. The molecule has 1 atom stereocenters. The quantitative estimate of drug-likeness (QED) is 0.753. The number of rotatable bonds is 6. The Labute approximate surface area is 97.6 Å². The maximum Gasteiger partial charge on any atom is 0.124 e. The summed E-state index contributed by atoms with van der Waals surface area (Å²) < 4.78 is 10.7. The van der Waals surface area contributed by atoms with Crippen LogP contribution in [0.4, 0.5) is 0 Å². The summed E-state index contributed by atoms with van der Waals surface area (Å²) >= 11 is 0. The van der Waals surface area contributed by atoms with Crippen LogP contribution in [0, 0.1) is 6.92 Å². The highest BCUT2D eigenvalue weighted by Crippen LogP contribution is 2.25. The zero-order valence-corrected chi connectivity index (χ0v) is 10.3. The van der Waals surface area contributed by atoms with E-state index in [4.69, 9.17) is 15.2 Å². The minimum Gasteiger partial charge on any atom is -0.493 e. The molecule has 1 rings (SSSR count). The van der Waals surface area contributed by atoms with E-state index in [2.05, 4.69) is 6.07 Å². The summed E-state index contributed by atoms with van der Waals surface area (Å²) in [6.07, 6.45) is 0.892. The second kappa shape index (κ2) is 6.51. The summed E-state index contributed by atoms with van der Waals surface area (Å²) in [4.78, 5) is 0. The molecule has 0 saturated heterocycles. The zero-order chi connectivity index (χ0) is 12.0. The summed E-state index contributed by atoms with van der Waals surface area (Å²) in [5.74, 6) is 0.895. The van der Waals surface area contributed by atoms with Crippen LogP contribution in [0.1, 0.15) is 30.5 Å². The third-order valence-corrected chi connectivity index (χ3v) is 2.41. The van der Waals surface area contributed by atoms with Gasteiger partial charge < -0.3 is 15.2 Å². The van der Waals surface area contributed by atoms with Gasteiger partial charge in [0.1, 0.15) is 5.75 Å². The molecule has 1 aromatic rings. The van der Waals surface area contributed by atoms with Crippen molar-refractivity contribution in [2.75, 3.05) is 20.3 Å². The van der Waals surface area contributed by atoms with Gasteiger partial charge in [0.15, 0.2) is 0 Å². The molecule has 0 unspecified atom stereocenters. The molecule has 3 heteroatoms. The zero-order valence-electron chi connectivity index (χ0n) is 10.3.